The number of benzene rings is 1. The number of rotatable bonds is 6. The van der Waals surface area contributed by atoms with Gasteiger partial charge in [-0.3, -0.25) is 10.2 Å². The molecule has 7 nitrogen and oxygen atoms in total. The van der Waals surface area contributed by atoms with E-state index in [1.807, 2.05) is 41.1 Å². The summed E-state index contributed by atoms with van der Waals surface area (Å²) in [6, 6.07) is 11.8. The third-order valence-corrected chi connectivity index (χ3v) is 4.97. The highest BCUT2D eigenvalue weighted by molar-refractivity contribution is 6.32. The van der Waals surface area contributed by atoms with E-state index >= 15 is 0 Å². The Morgan fingerprint density at radius 3 is 2.83 bits per heavy atom. The molecule has 0 spiro atoms. The molecule has 30 heavy (non-hydrogen) atoms. The second-order valence-electron chi connectivity index (χ2n) is 7.49. The summed E-state index contributed by atoms with van der Waals surface area (Å²) >= 11 is 0. The first-order chi connectivity index (χ1) is 14.4. The molecule has 0 fully saturated rings. The molecule has 3 heterocycles. The Bertz CT molecular complexity index is 1090. The Hall–Kier alpha value is -3.61. The lowest BCUT2D eigenvalue weighted by molar-refractivity contribution is -0.114. The topological polar surface area (TPSA) is 79.9 Å². The maximum absolute atomic E-state index is 12.4. The lowest BCUT2D eigenvalue weighted by Crippen LogP contribution is -2.38. The smallest absolute Gasteiger partial charge is 0.283 e. The predicted molar refractivity (Wildman–Crippen MR) is 115 cm³/mol. The van der Waals surface area contributed by atoms with Gasteiger partial charge < -0.3 is 14.1 Å². The van der Waals surface area contributed by atoms with Crippen LogP contribution in [0.25, 0.3) is 6.08 Å². The fourth-order valence-corrected chi connectivity index (χ4v) is 3.45. The van der Waals surface area contributed by atoms with E-state index in [0.717, 1.165) is 11.4 Å². The Kier molecular flexibility index (Phi) is 5.27. The molecular formula is C23H24N4O3. The lowest BCUT2D eigenvalue weighted by atomic mass is 10.0. The molecule has 1 N–H and O–H groups in total. The van der Waals surface area contributed by atoms with Crippen molar-refractivity contribution in [3.8, 4) is 5.75 Å². The molecule has 1 aromatic heterocycles. The predicted octanol–water partition coefficient (Wildman–Crippen LogP) is 4.14. The van der Waals surface area contributed by atoms with Crippen LogP contribution in [0, 0.1) is 5.41 Å². The second-order valence-corrected chi connectivity index (χ2v) is 7.49. The van der Waals surface area contributed by atoms with Crippen molar-refractivity contribution in [2.24, 2.45) is 4.99 Å². The van der Waals surface area contributed by atoms with E-state index in [2.05, 4.69) is 24.9 Å². The third kappa shape index (κ3) is 3.78. The molecule has 0 saturated carbocycles. The van der Waals surface area contributed by atoms with Crippen LogP contribution in [0.3, 0.4) is 0 Å². The SMILES string of the molecule is CC1=CC2=NC(=O)/C(=C\c3cccn3CCOc3ccccc3C(C)C)C(=N)N2O1. The van der Waals surface area contributed by atoms with Gasteiger partial charge in [0.25, 0.3) is 5.91 Å². The maximum atomic E-state index is 12.4. The van der Waals surface area contributed by atoms with Gasteiger partial charge in [-0.1, -0.05) is 32.0 Å². The van der Waals surface area contributed by atoms with Gasteiger partial charge in [0, 0.05) is 18.0 Å². The van der Waals surface area contributed by atoms with E-state index in [1.54, 1.807) is 19.1 Å². The molecule has 1 amide bonds. The average Bonchev–Trinajstić information content (AvgIpc) is 3.31. The number of para-hydroxylation sites is 1. The summed E-state index contributed by atoms with van der Waals surface area (Å²) in [6.07, 6.45) is 5.23. The number of amidine groups is 2. The molecule has 2 aliphatic heterocycles. The van der Waals surface area contributed by atoms with E-state index < -0.39 is 5.91 Å². The zero-order valence-corrected chi connectivity index (χ0v) is 17.3. The number of aromatic nitrogens is 1. The summed E-state index contributed by atoms with van der Waals surface area (Å²) in [5.74, 6) is 1.73. The van der Waals surface area contributed by atoms with Gasteiger partial charge in [0.15, 0.2) is 11.7 Å². The Balaban J connectivity index is 1.48. The van der Waals surface area contributed by atoms with Gasteiger partial charge in [-0.2, -0.15) is 4.99 Å². The lowest BCUT2D eigenvalue weighted by Gasteiger charge is -2.23. The summed E-state index contributed by atoms with van der Waals surface area (Å²) in [7, 11) is 0. The van der Waals surface area contributed by atoms with Crippen LogP contribution >= 0.6 is 0 Å². The Morgan fingerprint density at radius 2 is 2.03 bits per heavy atom. The molecular weight excluding hydrogens is 380 g/mol. The van der Waals surface area contributed by atoms with Gasteiger partial charge in [0.05, 0.1) is 12.1 Å². The summed E-state index contributed by atoms with van der Waals surface area (Å²) < 4.78 is 8.01. The highest BCUT2D eigenvalue weighted by Gasteiger charge is 2.34. The van der Waals surface area contributed by atoms with Gasteiger partial charge in [0.1, 0.15) is 18.1 Å². The van der Waals surface area contributed by atoms with E-state index in [1.165, 1.54) is 10.6 Å². The zero-order chi connectivity index (χ0) is 21.3. The summed E-state index contributed by atoms with van der Waals surface area (Å²) in [5, 5.41) is 9.61. The van der Waals surface area contributed by atoms with Crippen molar-refractivity contribution in [2.75, 3.05) is 6.61 Å². The zero-order valence-electron chi connectivity index (χ0n) is 17.3. The number of nitrogens with one attached hydrogen (secondary N) is 1. The molecule has 7 heteroatoms. The molecule has 0 atom stereocenters. The number of amides is 1. The third-order valence-electron chi connectivity index (χ3n) is 4.97. The number of carbonyl (C=O) groups excluding carboxylic acids is 1. The Labute approximate surface area is 175 Å². The van der Waals surface area contributed by atoms with E-state index in [0.29, 0.717) is 30.7 Å². The molecule has 1 aromatic carbocycles. The fourth-order valence-electron chi connectivity index (χ4n) is 3.45. The fraction of sp³-hybridized carbons (Fsp3) is 0.261. The standard InChI is InChI=1S/C23H24N4O3/c1-15(2)18-8-4-5-9-20(18)29-12-11-26-10-6-7-17(26)14-19-22(24)27-21(25-23(19)28)13-16(3)30-27/h4-10,13-15,24H,11-12H2,1-3H3/b19-14-,24-22?. The first-order valence-electron chi connectivity index (χ1n) is 9.91. The molecule has 154 valence electrons. The highest BCUT2D eigenvalue weighted by Crippen LogP contribution is 2.26. The molecule has 0 bridgehead atoms. The molecule has 2 aromatic rings. The number of nitrogens with zero attached hydrogens (tertiary/aromatic N) is 3. The van der Waals surface area contributed by atoms with E-state index in [4.69, 9.17) is 15.0 Å². The van der Waals surface area contributed by atoms with Crippen LogP contribution in [-0.4, -0.2) is 33.8 Å². The van der Waals surface area contributed by atoms with Gasteiger partial charge in [-0.15, -0.1) is 5.06 Å². The van der Waals surface area contributed by atoms with Crippen LogP contribution in [0.2, 0.25) is 0 Å². The van der Waals surface area contributed by atoms with Crippen molar-refractivity contribution in [1.82, 2.24) is 9.63 Å². The van der Waals surface area contributed by atoms with Crippen LogP contribution in [0.15, 0.2) is 65.0 Å². The molecule has 2 aliphatic rings. The van der Waals surface area contributed by atoms with Gasteiger partial charge in [-0.25, -0.2) is 0 Å². The van der Waals surface area contributed by atoms with Crippen LogP contribution in [0.5, 0.6) is 5.75 Å². The van der Waals surface area contributed by atoms with Crippen LogP contribution in [0.4, 0.5) is 0 Å². The van der Waals surface area contributed by atoms with Crippen molar-refractivity contribution in [1.29, 1.82) is 5.41 Å². The number of ether oxygens (including phenoxy) is 1. The van der Waals surface area contributed by atoms with Gasteiger partial charge >= 0.3 is 0 Å². The summed E-state index contributed by atoms with van der Waals surface area (Å²) in [5.41, 5.74) is 2.16. The average molecular weight is 404 g/mol. The number of hydrogen-bond acceptors (Lipinski definition) is 4. The van der Waals surface area contributed by atoms with Gasteiger partial charge in [0.2, 0.25) is 0 Å². The monoisotopic (exact) mass is 404 g/mol. The molecule has 0 radical (unpaired) electrons. The first kappa shape index (κ1) is 19.7. The van der Waals surface area contributed by atoms with Gasteiger partial charge in [-0.05, 0) is 42.7 Å². The van der Waals surface area contributed by atoms with Crippen molar-refractivity contribution < 1.29 is 14.4 Å². The van der Waals surface area contributed by atoms with Crippen LogP contribution in [-0.2, 0) is 16.2 Å². The van der Waals surface area contributed by atoms with E-state index in [9.17, 15) is 4.79 Å². The molecule has 0 saturated heterocycles. The number of aliphatic imine (C=N–C) groups is 1. The largest absolute Gasteiger partial charge is 0.491 e. The number of hydrogen-bond donors (Lipinski definition) is 1. The first-order valence-corrected chi connectivity index (χ1v) is 9.91. The number of fused-ring (bicyclic) bond motifs is 1. The maximum Gasteiger partial charge on any atom is 0.283 e. The Morgan fingerprint density at radius 1 is 1.23 bits per heavy atom. The molecule has 0 unspecified atom stereocenters. The normalized spacial score (nSPS) is 17.2. The summed E-state index contributed by atoms with van der Waals surface area (Å²) in [6.45, 7) is 7.13. The molecule has 0 aliphatic carbocycles. The van der Waals surface area contributed by atoms with Crippen molar-refractivity contribution in [3.05, 3.63) is 71.3 Å². The van der Waals surface area contributed by atoms with Crippen molar-refractivity contribution >= 4 is 23.7 Å². The van der Waals surface area contributed by atoms with E-state index in [-0.39, 0.29) is 11.4 Å². The van der Waals surface area contributed by atoms with Crippen LogP contribution < -0.4 is 4.74 Å². The van der Waals surface area contributed by atoms with Crippen molar-refractivity contribution in [2.45, 2.75) is 33.2 Å². The number of carbonyl (C=O) groups is 1. The number of allylic oxidation sites excluding steroid dienone is 1. The quantitative estimate of drug-likeness (QED) is 0.734. The number of hydroxylamine groups is 2. The van der Waals surface area contributed by atoms with Crippen LogP contribution in [0.1, 0.15) is 37.9 Å². The highest BCUT2D eigenvalue weighted by atomic mass is 16.7. The minimum atomic E-state index is -0.448. The minimum absolute atomic E-state index is 0.0204. The van der Waals surface area contributed by atoms with Crippen molar-refractivity contribution in [3.63, 3.8) is 0 Å². The minimum Gasteiger partial charge on any atom is -0.491 e. The molecule has 4 rings (SSSR count). The summed E-state index contributed by atoms with van der Waals surface area (Å²) in [4.78, 5) is 21.9. The second kappa shape index (κ2) is 8.02.